The lowest BCUT2D eigenvalue weighted by molar-refractivity contribution is 0.0158. The molecule has 1 atom stereocenters. The zero-order chi connectivity index (χ0) is 23.0. The molecule has 0 radical (unpaired) electrons. The number of fused-ring (bicyclic) bond motifs is 1. The Morgan fingerprint density at radius 1 is 1.16 bits per heavy atom. The molecule has 0 spiro atoms. The quantitative estimate of drug-likeness (QED) is 0.478. The molecule has 0 N–H and O–H groups in total. The number of aromatic nitrogens is 2. The molecular weight excluding hydrogens is 447 g/mol. The zero-order valence-corrected chi connectivity index (χ0v) is 20.3. The minimum absolute atomic E-state index is 0.0124. The van der Waals surface area contributed by atoms with Gasteiger partial charge in [-0.15, -0.1) is 0 Å². The summed E-state index contributed by atoms with van der Waals surface area (Å²) in [4.78, 5) is 21.6. The predicted octanol–water partition coefficient (Wildman–Crippen LogP) is 5.84. The standard InChI is InChI=1S/C24H28Cl2N4O2/c1-16-14-28(11-12-29(16)23(31)32-24(2,3)4)22-27-20-7-5-6-8-21(20)30(22)15-17-13-18(25)9-10-19(17)26/h5-10,13,16H,11-12,14-15H2,1-4H3/t16-/m1/s1. The third kappa shape index (κ3) is 4.81. The van der Waals surface area contributed by atoms with Crippen molar-refractivity contribution in [2.45, 2.75) is 45.9 Å². The van der Waals surface area contributed by atoms with Gasteiger partial charge < -0.3 is 19.1 Å². The molecule has 32 heavy (non-hydrogen) atoms. The van der Waals surface area contributed by atoms with E-state index in [2.05, 4.69) is 15.5 Å². The first-order valence-electron chi connectivity index (χ1n) is 10.8. The molecule has 0 bridgehead atoms. The maximum atomic E-state index is 12.6. The van der Waals surface area contributed by atoms with Crippen LogP contribution in [0.5, 0.6) is 0 Å². The first-order chi connectivity index (χ1) is 15.1. The van der Waals surface area contributed by atoms with Crippen LogP contribution in [0.1, 0.15) is 33.3 Å². The highest BCUT2D eigenvalue weighted by Gasteiger charge is 2.32. The molecule has 0 aliphatic carbocycles. The molecule has 4 rings (SSSR count). The molecule has 1 fully saturated rings. The first-order valence-corrected chi connectivity index (χ1v) is 11.5. The Hall–Kier alpha value is -2.44. The number of carbonyl (C=O) groups is 1. The number of benzene rings is 2. The molecule has 2 heterocycles. The van der Waals surface area contributed by atoms with Crippen molar-refractivity contribution in [2.75, 3.05) is 24.5 Å². The van der Waals surface area contributed by atoms with Gasteiger partial charge in [0.25, 0.3) is 0 Å². The minimum atomic E-state index is -0.516. The van der Waals surface area contributed by atoms with Crippen molar-refractivity contribution in [1.82, 2.24) is 14.5 Å². The topological polar surface area (TPSA) is 50.6 Å². The highest BCUT2D eigenvalue weighted by Crippen LogP contribution is 2.29. The molecule has 1 saturated heterocycles. The summed E-state index contributed by atoms with van der Waals surface area (Å²) in [6, 6.07) is 13.6. The van der Waals surface area contributed by atoms with E-state index >= 15 is 0 Å². The summed E-state index contributed by atoms with van der Waals surface area (Å²) in [5, 5.41) is 1.32. The Labute approximate surface area is 198 Å². The smallest absolute Gasteiger partial charge is 0.410 e. The van der Waals surface area contributed by atoms with Gasteiger partial charge in [-0.2, -0.15) is 0 Å². The summed E-state index contributed by atoms with van der Waals surface area (Å²) < 4.78 is 7.75. The molecule has 1 aliphatic heterocycles. The van der Waals surface area contributed by atoms with Crippen LogP contribution < -0.4 is 4.90 Å². The van der Waals surface area contributed by atoms with Gasteiger partial charge in [-0.3, -0.25) is 0 Å². The molecule has 0 saturated carbocycles. The lowest BCUT2D eigenvalue weighted by atomic mass is 10.2. The van der Waals surface area contributed by atoms with E-state index in [9.17, 15) is 4.79 Å². The number of ether oxygens (including phenoxy) is 1. The Morgan fingerprint density at radius 2 is 1.91 bits per heavy atom. The van der Waals surface area contributed by atoms with E-state index in [4.69, 9.17) is 32.9 Å². The van der Waals surface area contributed by atoms with Gasteiger partial charge in [-0.1, -0.05) is 35.3 Å². The van der Waals surface area contributed by atoms with Crippen LogP contribution in [0, 0.1) is 0 Å². The third-order valence-corrected chi connectivity index (χ3v) is 6.11. The Bertz CT molecular complexity index is 1140. The maximum Gasteiger partial charge on any atom is 0.410 e. The molecule has 1 aliphatic rings. The summed E-state index contributed by atoms with van der Waals surface area (Å²) in [7, 11) is 0. The van der Waals surface area contributed by atoms with E-state index in [1.807, 2.05) is 58.0 Å². The Kier molecular flexibility index (Phi) is 6.28. The van der Waals surface area contributed by atoms with Gasteiger partial charge in [0, 0.05) is 35.7 Å². The average Bonchev–Trinajstić information content (AvgIpc) is 3.08. The van der Waals surface area contributed by atoms with Gasteiger partial charge in [0.2, 0.25) is 5.95 Å². The van der Waals surface area contributed by atoms with E-state index < -0.39 is 5.60 Å². The number of anilines is 1. The van der Waals surface area contributed by atoms with Crippen molar-refractivity contribution >= 4 is 46.3 Å². The summed E-state index contributed by atoms with van der Waals surface area (Å²) >= 11 is 12.7. The van der Waals surface area contributed by atoms with E-state index in [1.165, 1.54) is 0 Å². The molecule has 3 aromatic rings. The molecule has 2 aromatic carbocycles. The van der Waals surface area contributed by atoms with Crippen LogP contribution in [-0.2, 0) is 11.3 Å². The molecule has 170 valence electrons. The zero-order valence-electron chi connectivity index (χ0n) is 18.8. The normalized spacial score (nSPS) is 17.1. The van der Waals surface area contributed by atoms with Crippen molar-refractivity contribution in [3.63, 3.8) is 0 Å². The predicted molar refractivity (Wildman–Crippen MR) is 130 cm³/mol. The van der Waals surface area contributed by atoms with Gasteiger partial charge in [-0.05, 0) is 63.6 Å². The van der Waals surface area contributed by atoms with Crippen LogP contribution in [0.3, 0.4) is 0 Å². The van der Waals surface area contributed by atoms with E-state index in [0.29, 0.717) is 36.2 Å². The van der Waals surface area contributed by atoms with Gasteiger partial charge in [0.1, 0.15) is 5.60 Å². The number of halogens is 2. The highest BCUT2D eigenvalue weighted by molar-refractivity contribution is 6.33. The lowest BCUT2D eigenvalue weighted by Crippen LogP contribution is -2.55. The van der Waals surface area contributed by atoms with Crippen molar-refractivity contribution in [1.29, 1.82) is 0 Å². The molecule has 0 unspecified atom stereocenters. The Balaban J connectivity index is 1.63. The number of para-hydroxylation sites is 2. The second-order valence-electron chi connectivity index (χ2n) is 9.19. The fraction of sp³-hybridized carbons (Fsp3) is 0.417. The first kappa shape index (κ1) is 22.7. The van der Waals surface area contributed by atoms with Crippen molar-refractivity contribution in [2.24, 2.45) is 0 Å². The fourth-order valence-corrected chi connectivity index (χ4v) is 4.40. The number of nitrogens with zero attached hydrogens (tertiary/aromatic N) is 4. The van der Waals surface area contributed by atoms with Crippen LogP contribution in [-0.4, -0.2) is 51.8 Å². The summed E-state index contributed by atoms with van der Waals surface area (Å²) in [5.74, 6) is 0.859. The second-order valence-corrected chi connectivity index (χ2v) is 10.0. The molecule has 1 amide bonds. The van der Waals surface area contributed by atoms with Gasteiger partial charge >= 0.3 is 6.09 Å². The van der Waals surface area contributed by atoms with Crippen molar-refractivity contribution in [3.05, 3.63) is 58.1 Å². The average molecular weight is 475 g/mol. The van der Waals surface area contributed by atoms with Crippen LogP contribution >= 0.6 is 23.2 Å². The SMILES string of the molecule is C[C@@H]1CN(c2nc3ccccc3n2Cc2cc(Cl)ccc2Cl)CCN1C(=O)OC(C)(C)C. The van der Waals surface area contributed by atoms with Crippen LogP contribution in [0.25, 0.3) is 11.0 Å². The van der Waals surface area contributed by atoms with Crippen molar-refractivity contribution < 1.29 is 9.53 Å². The second kappa shape index (κ2) is 8.83. The number of imidazole rings is 1. The number of amides is 1. The maximum absolute atomic E-state index is 12.6. The minimum Gasteiger partial charge on any atom is -0.444 e. The monoisotopic (exact) mass is 474 g/mol. The van der Waals surface area contributed by atoms with E-state index in [0.717, 1.165) is 22.5 Å². The molecule has 1 aromatic heterocycles. The van der Waals surface area contributed by atoms with Crippen LogP contribution in [0.2, 0.25) is 10.0 Å². The molecule has 8 heteroatoms. The van der Waals surface area contributed by atoms with Crippen LogP contribution in [0.4, 0.5) is 10.7 Å². The third-order valence-electron chi connectivity index (χ3n) is 5.51. The Morgan fingerprint density at radius 3 is 2.62 bits per heavy atom. The van der Waals surface area contributed by atoms with E-state index in [1.54, 1.807) is 11.0 Å². The van der Waals surface area contributed by atoms with Crippen molar-refractivity contribution in [3.8, 4) is 0 Å². The number of piperazine rings is 1. The van der Waals surface area contributed by atoms with Gasteiger partial charge in [0.05, 0.1) is 17.6 Å². The molecule has 6 nitrogen and oxygen atoms in total. The van der Waals surface area contributed by atoms with E-state index in [-0.39, 0.29) is 12.1 Å². The summed E-state index contributed by atoms with van der Waals surface area (Å²) in [6.45, 7) is 10.1. The lowest BCUT2D eigenvalue weighted by Gasteiger charge is -2.40. The summed E-state index contributed by atoms with van der Waals surface area (Å²) in [5.41, 5.74) is 2.37. The van der Waals surface area contributed by atoms with Crippen LogP contribution in [0.15, 0.2) is 42.5 Å². The number of hydrogen-bond donors (Lipinski definition) is 0. The fourth-order valence-electron chi connectivity index (χ4n) is 4.03. The number of rotatable bonds is 3. The van der Waals surface area contributed by atoms with Gasteiger partial charge in [0.15, 0.2) is 0 Å². The van der Waals surface area contributed by atoms with Gasteiger partial charge in [-0.25, -0.2) is 9.78 Å². The summed E-state index contributed by atoms with van der Waals surface area (Å²) in [6.07, 6.45) is -0.274. The number of hydrogen-bond acceptors (Lipinski definition) is 4. The highest BCUT2D eigenvalue weighted by atomic mass is 35.5. The molecular formula is C24H28Cl2N4O2. The number of carbonyl (C=O) groups excluding carboxylic acids is 1. The largest absolute Gasteiger partial charge is 0.444 e.